The van der Waals surface area contributed by atoms with E-state index in [0.717, 1.165) is 18.7 Å². The Morgan fingerprint density at radius 1 is 1.28 bits per heavy atom. The maximum Gasteiger partial charge on any atom is 0.224 e. The van der Waals surface area contributed by atoms with E-state index in [4.69, 9.17) is 0 Å². The molecule has 100 valence electrons. The van der Waals surface area contributed by atoms with Gasteiger partial charge >= 0.3 is 0 Å². The number of rotatable bonds is 5. The van der Waals surface area contributed by atoms with Gasteiger partial charge in [0.25, 0.3) is 0 Å². The predicted octanol–water partition coefficient (Wildman–Crippen LogP) is 3.17. The number of anilines is 1. The van der Waals surface area contributed by atoms with Crippen LogP contribution in [0.1, 0.15) is 39.2 Å². The number of carbonyl (C=O) groups excluding carboxylic acids is 1. The van der Waals surface area contributed by atoms with Gasteiger partial charge in [0.05, 0.1) is 0 Å². The van der Waals surface area contributed by atoms with E-state index in [-0.39, 0.29) is 11.3 Å². The van der Waals surface area contributed by atoms with Gasteiger partial charge in [0.15, 0.2) is 0 Å². The quantitative estimate of drug-likeness (QED) is 0.840. The molecule has 1 aromatic rings. The van der Waals surface area contributed by atoms with E-state index in [0.29, 0.717) is 6.42 Å². The Kier molecular flexibility index (Phi) is 5.35. The van der Waals surface area contributed by atoms with Crippen molar-refractivity contribution < 1.29 is 4.79 Å². The molecule has 0 spiro atoms. The molecule has 0 heterocycles. The molecular weight excluding hydrogens is 224 g/mol. The standard InChI is InChI=1S/C15H24N2O/c1-15(2,3)9-8-14(18)17-13-7-5-6-12(10-13)11-16-4/h5-7,10,16H,8-9,11H2,1-4H3,(H,17,18). The van der Waals surface area contributed by atoms with Gasteiger partial charge in [-0.3, -0.25) is 4.79 Å². The van der Waals surface area contributed by atoms with Gasteiger partial charge < -0.3 is 10.6 Å². The number of carbonyl (C=O) groups is 1. The smallest absolute Gasteiger partial charge is 0.224 e. The third kappa shape index (κ3) is 5.82. The van der Waals surface area contributed by atoms with Crippen molar-refractivity contribution in [3.63, 3.8) is 0 Å². The second-order valence-corrected chi connectivity index (χ2v) is 5.84. The highest BCUT2D eigenvalue weighted by Crippen LogP contribution is 2.21. The van der Waals surface area contributed by atoms with Gasteiger partial charge in [-0.05, 0) is 36.6 Å². The van der Waals surface area contributed by atoms with Crippen LogP contribution in [0.25, 0.3) is 0 Å². The highest BCUT2D eigenvalue weighted by atomic mass is 16.1. The summed E-state index contributed by atoms with van der Waals surface area (Å²) < 4.78 is 0. The van der Waals surface area contributed by atoms with Gasteiger partial charge in [0.1, 0.15) is 0 Å². The number of amides is 1. The first-order valence-corrected chi connectivity index (χ1v) is 6.44. The summed E-state index contributed by atoms with van der Waals surface area (Å²) >= 11 is 0. The first kappa shape index (κ1) is 14.7. The zero-order chi connectivity index (χ0) is 13.6. The number of hydrogen-bond donors (Lipinski definition) is 2. The monoisotopic (exact) mass is 248 g/mol. The van der Waals surface area contributed by atoms with E-state index in [1.807, 2.05) is 31.3 Å². The van der Waals surface area contributed by atoms with Gasteiger partial charge in [-0.25, -0.2) is 0 Å². The number of hydrogen-bond acceptors (Lipinski definition) is 2. The Hall–Kier alpha value is -1.35. The Bertz CT molecular complexity index is 394. The van der Waals surface area contributed by atoms with Crippen LogP contribution in [0.4, 0.5) is 5.69 Å². The van der Waals surface area contributed by atoms with Crippen molar-refractivity contribution in [3.05, 3.63) is 29.8 Å². The average molecular weight is 248 g/mol. The summed E-state index contributed by atoms with van der Waals surface area (Å²) in [6, 6.07) is 7.94. The van der Waals surface area contributed by atoms with Gasteiger partial charge in [-0.1, -0.05) is 32.9 Å². The van der Waals surface area contributed by atoms with Crippen LogP contribution < -0.4 is 10.6 Å². The number of nitrogens with one attached hydrogen (secondary N) is 2. The molecule has 0 aliphatic carbocycles. The second kappa shape index (κ2) is 6.55. The zero-order valence-corrected chi connectivity index (χ0v) is 11.8. The minimum Gasteiger partial charge on any atom is -0.326 e. The minimum atomic E-state index is 0.0894. The van der Waals surface area contributed by atoms with Crippen molar-refractivity contribution in [3.8, 4) is 0 Å². The molecule has 0 atom stereocenters. The van der Waals surface area contributed by atoms with Crippen molar-refractivity contribution in [2.24, 2.45) is 5.41 Å². The van der Waals surface area contributed by atoms with Crippen LogP contribution in [0.15, 0.2) is 24.3 Å². The van der Waals surface area contributed by atoms with E-state index in [9.17, 15) is 4.79 Å². The summed E-state index contributed by atoms with van der Waals surface area (Å²) in [5.41, 5.74) is 2.25. The third-order valence-corrected chi connectivity index (χ3v) is 2.69. The third-order valence-electron chi connectivity index (χ3n) is 2.69. The summed E-state index contributed by atoms with van der Waals surface area (Å²) in [5.74, 6) is 0.0894. The van der Waals surface area contributed by atoms with Crippen molar-refractivity contribution in [1.82, 2.24) is 5.32 Å². The molecule has 0 bridgehead atoms. The Balaban J connectivity index is 2.51. The SMILES string of the molecule is CNCc1cccc(NC(=O)CCC(C)(C)C)c1. The van der Waals surface area contributed by atoms with E-state index < -0.39 is 0 Å². The highest BCUT2D eigenvalue weighted by molar-refractivity contribution is 5.90. The first-order valence-electron chi connectivity index (χ1n) is 6.44. The molecule has 3 heteroatoms. The molecule has 0 aliphatic rings. The molecule has 0 radical (unpaired) electrons. The van der Waals surface area contributed by atoms with Crippen LogP contribution in [0.5, 0.6) is 0 Å². The van der Waals surface area contributed by atoms with Gasteiger partial charge in [0.2, 0.25) is 5.91 Å². The molecule has 3 nitrogen and oxygen atoms in total. The molecule has 0 unspecified atom stereocenters. The van der Waals surface area contributed by atoms with Crippen LogP contribution >= 0.6 is 0 Å². The van der Waals surface area contributed by atoms with Crippen molar-refractivity contribution in [1.29, 1.82) is 0 Å². The second-order valence-electron chi connectivity index (χ2n) is 5.84. The fourth-order valence-corrected chi connectivity index (χ4v) is 1.68. The maximum absolute atomic E-state index is 11.8. The lowest BCUT2D eigenvalue weighted by Gasteiger charge is -2.17. The Morgan fingerprint density at radius 2 is 2.00 bits per heavy atom. The van der Waals surface area contributed by atoms with Crippen molar-refractivity contribution >= 4 is 11.6 Å². The van der Waals surface area contributed by atoms with Crippen molar-refractivity contribution in [2.75, 3.05) is 12.4 Å². The van der Waals surface area contributed by atoms with Crippen LogP contribution in [0.2, 0.25) is 0 Å². The topological polar surface area (TPSA) is 41.1 Å². The van der Waals surface area contributed by atoms with Crippen molar-refractivity contribution in [2.45, 2.75) is 40.2 Å². The van der Waals surface area contributed by atoms with Gasteiger partial charge in [0, 0.05) is 18.7 Å². The summed E-state index contributed by atoms with van der Waals surface area (Å²) in [4.78, 5) is 11.8. The fraction of sp³-hybridized carbons (Fsp3) is 0.533. The molecule has 0 fully saturated rings. The van der Waals surface area contributed by atoms with Gasteiger partial charge in [-0.2, -0.15) is 0 Å². The van der Waals surface area contributed by atoms with Gasteiger partial charge in [-0.15, -0.1) is 0 Å². The molecule has 18 heavy (non-hydrogen) atoms. The predicted molar refractivity (Wildman–Crippen MR) is 76.5 cm³/mol. The number of benzene rings is 1. The maximum atomic E-state index is 11.8. The zero-order valence-electron chi connectivity index (χ0n) is 11.8. The molecule has 1 aromatic carbocycles. The molecule has 0 saturated carbocycles. The lowest BCUT2D eigenvalue weighted by Crippen LogP contribution is -2.15. The Labute approximate surface area is 110 Å². The normalized spacial score (nSPS) is 11.3. The van der Waals surface area contributed by atoms with E-state index in [1.54, 1.807) is 0 Å². The lowest BCUT2D eigenvalue weighted by molar-refractivity contribution is -0.116. The largest absolute Gasteiger partial charge is 0.326 e. The molecular formula is C15H24N2O. The molecule has 0 aliphatic heterocycles. The summed E-state index contributed by atoms with van der Waals surface area (Å²) in [6.07, 6.45) is 1.47. The molecule has 0 aromatic heterocycles. The lowest BCUT2D eigenvalue weighted by atomic mass is 9.90. The summed E-state index contributed by atoms with van der Waals surface area (Å²) in [5, 5.41) is 6.04. The minimum absolute atomic E-state index is 0.0894. The summed E-state index contributed by atoms with van der Waals surface area (Å²) in [6.45, 7) is 7.25. The van der Waals surface area contributed by atoms with Crippen LogP contribution in [-0.2, 0) is 11.3 Å². The molecule has 2 N–H and O–H groups in total. The van der Waals surface area contributed by atoms with E-state index in [2.05, 4.69) is 31.4 Å². The summed E-state index contributed by atoms with van der Waals surface area (Å²) in [7, 11) is 1.91. The molecule has 1 amide bonds. The highest BCUT2D eigenvalue weighted by Gasteiger charge is 2.12. The fourth-order valence-electron chi connectivity index (χ4n) is 1.68. The van der Waals surface area contributed by atoms with Crippen LogP contribution in [0, 0.1) is 5.41 Å². The van der Waals surface area contributed by atoms with Crippen LogP contribution in [0.3, 0.4) is 0 Å². The first-order chi connectivity index (χ1) is 8.40. The van der Waals surface area contributed by atoms with E-state index >= 15 is 0 Å². The molecule has 0 saturated heterocycles. The average Bonchev–Trinajstić information content (AvgIpc) is 2.26. The molecule has 1 rings (SSSR count). The Morgan fingerprint density at radius 3 is 2.61 bits per heavy atom. The van der Waals surface area contributed by atoms with Crippen LogP contribution in [-0.4, -0.2) is 13.0 Å². The van der Waals surface area contributed by atoms with E-state index in [1.165, 1.54) is 5.56 Å².